The molecule has 0 radical (unpaired) electrons. The predicted octanol–water partition coefficient (Wildman–Crippen LogP) is 1.76. The van der Waals surface area contributed by atoms with Crippen molar-refractivity contribution in [2.75, 3.05) is 39.4 Å². The minimum Gasteiger partial charge on any atom is -0.493 e. The average molecular weight is 301 g/mol. The molecule has 1 saturated heterocycles. The number of aliphatic imine (C=N–C) groups is 1. The zero-order valence-electron chi connectivity index (χ0n) is 11.0. The normalized spacial score (nSPS) is 17.3. The first-order chi connectivity index (χ1) is 9.22. The van der Waals surface area contributed by atoms with Crippen molar-refractivity contribution in [3.05, 3.63) is 8.83 Å². The van der Waals surface area contributed by atoms with Gasteiger partial charge in [-0.25, -0.2) is 0 Å². The summed E-state index contributed by atoms with van der Waals surface area (Å²) in [7, 11) is 0. The summed E-state index contributed by atoms with van der Waals surface area (Å²) in [5, 5.41) is 9.95. The topological polar surface area (TPSA) is 50.0 Å². The van der Waals surface area contributed by atoms with Gasteiger partial charge in [0.1, 0.15) is 4.88 Å². The molecule has 106 valence electrons. The molecule has 0 bridgehead atoms. The van der Waals surface area contributed by atoms with Gasteiger partial charge in [-0.2, -0.15) is 0 Å². The third-order valence-electron chi connectivity index (χ3n) is 3.07. The number of thiazole rings is 1. The van der Waals surface area contributed by atoms with Crippen molar-refractivity contribution in [1.29, 1.82) is 0 Å². The molecule has 1 N–H and O–H groups in total. The number of rotatable bonds is 5. The highest BCUT2D eigenvalue weighted by Crippen LogP contribution is 2.23. The maximum Gasteiger partial charge on any atom is 0.212 e. The molecule has 0 aliphatic carbocycles. The van der Waals surface area contributed by atoms with Crippen LogP contribution >= 0.6 is 23.6 Å². The van der Waals surface area contributed by atoms with Gasteiger partial charge >= 0.3 is 0 Å². The fourth-order valence-electron chi connectivity index (χ4n) is 1.95. The molecule has 2 rings (SSSR count). The molecule has 5 nitrogen and oxygen atoms in total. The van der Waals surface area contributed by atoms with Crippen molar-refractivity contribution < 1.29 is 9.84 Å². The van der Waals surface area contributed by atoms with Crippen LogP contribution in [0.1, 0.15) is 11.8 Å². The summed E-state index contributed by atoms with van der Waals surface area (Å²) in [4.78, 5) is 7.45. The van der Waals surface area contributed by atoms with Gasteiger partial charge in [-0.05, 0) is 19.1 Å². The summed E-state index contributed by atoms with van der Waals surface area (Å²) in [6.45, 7) is 7.88. The van der Waals surface area contributed by atoms with Gasteiger partial charge in [0.05, 0.1) is 19.8 Å². The van der Waals surface area contributed by atoms with Crippen LogP contribution in [0.15, 0.2) is 4.99 Å². The Morgan fingerprint density at radius 3 is 2.84 bits per heavy atom. The second-order valence-electron chi connectivity index (χ2n) is 4.29. The molecule has 1 aromatic rings. The fourth-order valence-corrected chi connectivity index (χ4v) is 3.28. The Kier molecular flexibility index (Phi) is 5.50. The number of nitrogens with zero attached hydrogens (tertiary/aromatic N) is 3. The predicted molar refractivity (Wildman–Crippen MR) is 80.2 cm³/mol. The molecule has 0 spiro atoms. The summed E-state index contributed by atoms with van der Waals surface area (Å²) >= 11 is 6.57. The first-order valence-electron chi connectivity index (χ1n) is 6.45. The first kappa shape index (κ1) is 14.6. The fraction of sp³-hybridized carbons (Fsp3) is 0.667. The maximum absolute atomic E-state index is 9.95. The number of aromatic hydroxyl groups is 1. The van der Waals surface area contributed by atoms with E-state index in [0.717, 1.165) is 44.3 Å². The van der Waals surface area contributed by atoms with Crippen molar-refractivity contribution in [3.63, 3.8) is 0 Å². The van der Waals surface area contributed by atoms with Crippen LogP contribution in [0.2, 0.25) is 0 Å². The molecule has 0 atom stereocenters. The number of morpholine rings is 1. The van der Waals surface area contributed by atoms with E-state index in [-0.39, 0.29) is 5.88 Å². The largest absolute Gasteiger partial charge is 0.493 e. The Labute approximate surface area is 122 Å². The van der Waals surface area contributed by atoms with Crippen LogP contribution in [-0.4, -0.2) is 60.2 Å². The molecule has 0 amide bonds. The third kappa shape index (κ3) is 3.85. The lowest BCUT2D eigenvalue weighted by atomic mass is 10.4. The molecule has 1 aliphatic heterocycles. The standard InChI is InChI=1S/C12H19N3O2S2/c1-2-15-11(16)10(19-12(15)18)9-13-3-4-14-5-7-17-8-6-14/h9,16H,2-8H2,1H3. The summed E-state index contributed by atoms with van der Waals surface area (Å²) in [5.74, 6) is 0.229. The monoisotopic (exact) mass is 301 g/mol. The molecular weight excluding hydrogens is 282 g/mol. The minimum absolute atomic E-state index is 0.229. The summed E-state index contributed by atoms with van der Waals surface area (Å²) in [5.41, 5.74) is 0. The Bertz CT molecular complexity index is 490. The SMILES string of the molecule is CCn1c(O)c(C=NCCN2CCOCC2)sc1=S. The highest BCUT2D eigenvalue weighted by atomic mass is 32.1. The Balaban J connectivity index is 1.86. The smallest absolute Gasteiger partial charge is 0.212 e. The summed E-state index contributed by atoms with van der Waals surface area (Å²) in [6.07, 6.45) is 1.72. The zero-order chi connectivity index (χ0) is 13.7. The molecule has 0 unspecified atom stereocenters. The molecular formula is C12H19N3O2S2. The van der Waals surface area contributed by atoms with E-state index in [1.165, 1.54) is 11.3 Å². The van der Waals surface area contributed by atoms with E-state index in [2.05, 4.69) is 9.89 Å². The van der Waals surface area contributed by atoms with Crippen LogP contribution in [0.4, 0.5) is 0 Å². The van der Waals surface area contributed by atoms with E-state index in [0.29, 0.717) is 10.5 Å². The summed E-state index contributed by atoms with van der Waals surface area (Å²) < 4.78 is 7.69. The maximum atomic E-state index is 9.95. The van der Waals surface area contributed by atoms with Crippen LogP contribution in [0, 0.1) is 3.95 Å². The van der Waals surface area contributed by atoms with Gasteiger partial charge < -0.3 is 9.84 Å². The Morgan fingerprint density at radius 1 is 1.47 bits per heavy atom. The van der Waals surface area contributed by atoms with Gasteiger partial charge in [0.2, 0.25) is 5.88 Å². The van der Waals surface area contributed by atoms with Gasteiger partial charge in [0.15, 0.2) is 3.95 Å². The lowest BCUT2D eigenvalue weighted by molar-refractivity contribution is 0.0395. The van der Waals surface area contributed by atoms with Crippen LogP contribution in [0.3, 0.4) is 0 Å². The lowest BCUT2D eigenvalue weighted by Gasteiger charge is -2.25. The molecule has 19 heavy (non-hydrogen) atoms. The zero-order valence-corrected chi connectivity index (χ0v) is 12.7. The molecule has 0 aromatic carbocycles. The van der Waals surface area contributed by atoms with Crippen molar-refractivity contribution in [1.82, 2.24) is 9.47 Å². The van der Waals surface area contributed by atoms with Crippen LogP contribution in [0.25, 0.3) is 0 Å². The van der Waals surface area contributed by atoms with Crippen LogP contribution in [-0.2, 0) is 11.3 Å². The van der Waals surface area contributed by atoms with Crippen LogP contribution in [0.5, 0.6) is 5.88 Å². The van der Waals surface area contributed by atoms with Crippen LogP contribution < -0.4 is 0 Å². The van der Waals surface area contributed by atoms with E-state index in [1.807, 2.05) is 6.92 Å². The second-order valence-corrected chi connectivity index (χ2v) is 5.97. The minimum atomic E-state index is 0.229. The van der Waals surface area contributed by atoms with Gasteiger partial charge in [-0.3, -0.25) is 14.5 Å². The van der Waals surface area contributed by atoms with Gasteiger partial charge in [-0.15, -0.1) is 0 Å². The van der Waals surface area contributed by atoms with E-state index < -0.39 is 0 Å². The molecule has 1 aliphatic rings. The molecule has 2 heterocycles. The van der Waals surface area contributed by atoms with Gasteiger partial charge in [0, 0.05) is 32.4 Å². The molecule has 7 heteroatoms. The number of hydrogen-bond donors (Lipinski definition) is 1. The van der Waals surface area contributed by atoms with E-state index in [9.17, 15) is 5.11 Å². The highest BCUT2D eigenvalue weighted by Gasteiger charge is 2.10. The van der Waals surface area contributed by atoms with E-state index in [4.69, 9.17) is 17.0 Å². The average Bonchev–Trinajstić information content (AvgIpc) is 2.70. The Morgan fingerprint density at radius 2 is 2.21 bits per heavy atom. The van der Waals surface area contributed by atoms with Crippen molar-refractivity contribution in [3.8, 4) is 5.88 Å². The number of aromatic nitrogens is 1. The van der Waals surface area contributed by atoms with Gasteiger partial charge in [0.25, 0.3) is 0 Å². The lowest BCUT2D eigenvalue weighted by Crippen LogP contribution is -2.37. The first-order valence-corrected chi connectivity index (χ1v) is 7.67. The number of hydrogen-bond acceptors (Lipinski definition) is 6. The van der Waals surface area contributed by atoms with E-state index in [1.54, 1.807) is 10.8 Å². The molecule has 1 fully saturated rings. The second kappa shape index (κ2) is 7.14. The Hall–Kier alpha value is -0.760. The summed E-state index contributed by atoms with van der Waals surface area (Å²) in [6, 6.07) is 0. The number of ether oxygens (including phenoxy) is 1. The van der Waals surface area contributed by atoms with Crippen molar-refractivity contribution in [2.45, 2.75) is 13.5 Å². The third-order valence-corrected chi connectivity index (χ3v) is 4.44. The van der Waals surface area contributed by atoms with Crippen molar-refractivity contribution in [2.24, 2.45) is 4.99 Å². The van der Waals surface area contributed by atoms with Gasteiger partial charge in [-0.1, -0.05) is 11.3 Å². The van der Waals surface area contributed by atoms with E-state index >= 15 is 0 Å². The molecule has 0 saturated carbocycles. The highest BCUT2D eigenvalue weighted by molar-refractivity contribution is 7.73. The molecule has 1 aromatic heterocycles. The quantitative estimate of drug-likeness (QED) is 0.665. The van der Waals surface area contributed by atoms with Crippen molar-refractivity contribution >= 4 is 29.8 Å².